The van der Waals surface area contributed by atoms with Crippen molar-refractivity contribution in [3.63, 3.8) is 0 Å². The molecule has 6 aliphatic carbocycles. The van der Waals surface area contributed by atoms with Gasteiger partial charge in [-0.2, -0.15) is 0 Å². The Morgan fingerprint density at radius 1 is 1.00 bits per heavy atom. The first-order chi connectivity index (χ1) is 12.5. The van der Waals surface area contributed by atoms with Gasteiger partial charge in [0.25, 0.3) is 0 Å². The molecule has 26 heavy (non-hydrogen) atoms. The molecule has 0 aromatic rings. The third-order valence-electron chi connectivity index (χ3n) is 10.2. The lowest BCUT2D eigenvalue weighted by Crippen LogP contribution is -2.55. The Kier molecular flexibility index (Phi) is 2.46. The number of carbonyl (C=O) groups excluding carboxylic acids is 2. The van der Waals surface area contributed by atoms with Gasteiger partial charge in [0.05, 0.1) is 0 Å². The van der Waals surface area contributed by atoms with Gasteiger partial charge in [-0.15, -0.1) is 0 Å². The highest BCUT2D eigenvalue weighted by atomic mass is 16.6. The van der Waals surface area contributed by atoms with Crippen molar-refractivity contribution in [3.05, 3.63) is 11.6 Å². The third-order valence-corrected chi connectivity index (χ3v) is 10.2. The van der Waals surface area contributed by atoms with Gasteiger partial charge in [0, 0.05) is 24.2 Å². The van der Waals surface area contributed by atoms with Crippen LogP contribution in [0.3, 0.4) is 0 Å². The quantitative estimate of drug-likeness (QED) is 0.621. The second kappa shape index (κ2) is 4.31. The van der Waals surface area contributed by atoms with E-state index >= 15 is 0 Å². The van der Waals surface area contributed by atoms with Crippen LogP contribution in [0, 0.1) is 52.8 Å². The lowest BCUT2D eigenvalue weighted by molar-refractivity contribution is -0.174. The van der Waals surface area contributed by atoms with Crippen LogP contribution in [0.15, 0.2) is 11.6 Å². The SMILES string of the molecule is C[C@]12CCC3C(C1[C@H]1C[C@H]1[C@@]21CCC(=O)O1)[C@@H]1C[C@@H]1C1=CC(=O)CC[C@@H]13. The van der Waals surface area contributed by atoms with Crippen LogP contribution in [0.1, 0.15) is 58.3 Å². The summed E-state index contributed by atoms with van der Waals surface area (Å²) < 4.78 is 6.19. The number of hydrogen-bond donors (Lipinski definition) is 0. The largest absolute Gasteiger partial charge is 0.458 e. The zero-order valence-corrected chi connectivity index (χ0v) is 15.6. The van der Waals surface area contributed by atoms with Crippen molar-refractivity contribution in [1.82, 2.24) is 0 Å². The van der Waals surface area contributed by atoms with E-state index in [-0.39, 0.29) is 17.0 Å². The minimum Gasteiger partial charge on any atom is -0.458 e. The van der Waals surface area contributed by atoms with E-state index in [9.17, 15) is 9.59 Å². The summed E-state index contributed by atoms with van der Waals surface area (Å²) in [7, 11) is 0. The average molecular weight is 352 g/mol. The standard InChI is InChI=1S/C23H28O3/c1-22-6-4-13-12-3-2-11(24)8-14(12)15-9-16(15)20(13)21(22)17-10-18(17)23(22)7-5-19(25)26-23/h8,12-13,15-18,20-21H,2-7,9-10H2,1H3/t12-,13?,15-,16-,17+,18-,20?,21?,22+,23+/m1/s1. The minimum absolute atomic E-state index is 0.0589. The smallest absolute Gasteiger partial charge is 0.306 e. The van der Waals surface area contributed by atoms with Crippen molar-refractivity contribution in [2.45, 2.75) is 63.9 Å². The fourth-order valence-corrected chi connectivity index (χ4v) is 9.35. The molecule has 1 saturated heterocycles. The second-order valence-corrected chi connectivity index (χ2v) is 10.9. The number of fused-ring (bicyclic) bond motifs is 12. The van der Waals surface area contributed by atoms with Crippen molar-refractivity contribution in [1.29, 1.82) is 0 Å². The second-order valence-electron chi connectivity index (χ2n) is 10.9. The van der Waals surface area contributed by atoms with Crippen LogP contribution in [0.25, 0.3) is 0 Å². The summed E-state index contributed by atoms with van der Waals surface area (Å²) in [6.07, 6.45) is 10.7. The van der Waals surface area contributed by atoms with Gasteiger partial charge in [-0.1, -0.05) is 12.5 Å². The summed E-state index contributed by atoms with van der Waals surface area (Å²) in [5.41, 5.74) is 1.64. The first kappa shape index (κ1) is 14.9. The van der Waals surface area contributed by atoms with Crippen LogP contribution in [0.4, 0.5) is 0 Å². The predicted octanol–water partition coefficient (Wildman–Crippen LogP) is 3.92. The van der Waals surface area contributed by atoms with Gasteiger partial charge in [-0.3, -0.25) is 9.59 Å². The van der Waals surface area contributed by atoms with E-state index in [4.69, 9.17) is 4.74 Å². The maximum absolute atomic E-state index is 12.1. The summed E-state index contributed by atoms with van der Waals surface area (Å²) in [5.74, 6) is 6.54. The molecule has 10 atom stereocenters. The molecule has 138 valence electrons. The topological polar surface area (TPSA) is 43.4 Å². The Morgan fingerprint density at radius 2 is 1.88 bits per heavy atom. The number of hydrogen-bond acceptors (Lipinski definition) is 3. The fourth-order valence-electron chi connectivity index (χ4n) is 9.35. The first-order valence-corrected chi connectivity index (χ1v) is 11.0. The highest BCUT2D eigenvalue weighted by molar-refractivity contribution is 5.91. The van der Waals surface area contributed by atoms with E-state index in [1.807, 2.05) is 0 Å². The lowest BCUT2D eigenvalue weighted by atomic mass is 9.49. The van der Waals surface area contributed by atoms with Crippen molar-refractivity contribution in [2.75, 3.05) is 0 Å². The van der Waals surface area contributed by atoms with Gasteiger partial charge in [0.2, 0.25) is 0 Å². The average Bonchev–Trinajstić information content (AvgIpc) is 3.51. The first-order valence-electron chi connectivity index (χ1n) is 11.0. The number of ketones is 1. The van der Waals surface area contributed by atoms with Crippen LogP contribution < -0.4 is 0 Å². The highest BCUT2D eigenvalue weighted by Gasteiger charge is 2.80. The molecule has 1 heterocycles. The fraction of sp³-hybridized carbons (Fsp3) is 0.826. The molecule has 0 aromatic carbocycles. The maximum Gasteiger partial charge on any atom is 0.306 e. The summed E-state index contributed by atoms with van der Waals surface area (Å²) in [4.78, 5) is 24.1. The van der Waals surface area contributed by atoms with Gasteiger partial charge >= 0.3 is 5.97 Å². The molecule has 6 fully saturated rings. The van der Waals surface area contributed by atoms with E-state index in [1.165, 1.54) is 25.7 Å². The third kappa shape index (κ3) is 1.49. The van der Waals surface area contributed by atoms with E-state index in [2.05, 4.69) is 13.0 Å². The maximum atomic E-state index is 12.1. The van der Waals surface area contributed by atoms with Gasteiger partial charge in [0.15, 0.2) is 5.78 Å². The summed E-state index contributed by atoms with van der Waals surface area (Å²) in [6.45, 7) is 2.49. The molecule has 7 aliphatic rings. The molecule has 0 bridgehead atoms. The number of allylic oxidation sites excluding steroid dienone is 1. The molecule has 0 N–H and O–H groups in total. The number of ether oxygens (including phenoxy) is 1. The van der Waals surface area contributed by atoms with Crippen molar-refractivity contribution >= 4 is 11.8 Å². The molecular weight excluding hydrogens is 324 g/mol. The monoisotopic (exact) mass is 352 g/mol. The summed E-state index contributed by atoms with van der Waals surface area (Å²) in [5, 5.41) is 0. The molecule has 5 saturated carbocycles. The molecule has 0 aromatic heterocycles. The Labute approximate surface area is 154 Å². The highest BCUT2D eigenvalue weighted by Crippen LogP contribution is 2.81. The molecule has 0 amide bonds. The van der Waals surface area contributed by atoms with E-state index < -0.39 is 0 Å². The zero-order valence-electron chi connectivity index (χ0n) is 15.6. The Hall–Kier alpha value is -1.12. The number of carbonyl (C=O) groups is 2. The molecule has 7 rings (SSSR count). The van der Waals surface area contributed by atoms with Gasteiger partial charge in [-0.25, -0.2) is 0 Å². The van der Waals surface area contributed by atoms with Crippen LogP contribution >= 0.6 is 0 Å². The number of esters is 1. The summed E-state index contributed by atoms with van der Waals surface area (Å²) >= 11 is 0. The normalized spacial score (nSPS) is 61.0. The van der Waals surface area contributed by atoms with Crippen LogP contribution in [-0.2, 0) is 14.3 Å². The van der Waals surface area contributed by atoms with E-state index in [1.54, 1.807) is 5.57 Å². The molecule has 1 spiro atoms. The van der Waals surface area contributed by atoms with Gasteiger partial charge < -0.3 is 4.74 Å². The summed E-state index contributed by atoms with van der Waals surface area (Å²) in [6, 6.07) is 0. The zero-order chi connectivity index (χ0) is 17.4. The lowest BCUT2D eigenvalue weighted by Gasteiger charge is -2.57. The Bertz CT molecular complexity index is 782. The molecule has 0 radical (unpaired) electrons. The van der Waals surface area contributed by atoms with Crippen molar-refractivity contribution in [2.24, 2.45) is 52.8 Å². The van der Waals surface area contributed by atoms with E-state index in [0.717, 1.165) is 48.9 Å². The predicted molar refractivity (Wildman–Crippen MR) is 94.9 cm³/mol. The Balaban J connectivity index is 1.31. The number of rotatable bonds is 0. The van der Waals surface area contributed by atoms with E-state index in [0.29, 0.717) is 30.0 Å². The van der Waals surface area contributed by atoms with Crippen molar-refractivity contribution < 1.29 is 14.3 Å². The Morgan fingerprint density at radius 3 is 2.69 bits per heavy atom. The van der Waals surface area contributed by atoms with Crippen molar-refractivity contribution in [3.8, 4) is 0 Å². The molecule has 3 heteroatoms. The van der Waals surface area contributed by atoms with Crippen LogP contribution in [-0.4, -0.2) is 17.4 Å². The molecule has 1 aliphatic heterocycles. The van der Waals surface area contributed by atoms with Crippen LogP contribution in [0.2, 0.25) is 0 Å². The van der Waals surface area contributed by atoms with Crippen LogP contribution in [0.5, 0.6) is 0 Å². The molecule has 3 nitrogen and oxygen atoms in total. The molecule has 3 unspecified atom stereocenters. The van der Waals surface area contributed by atoms with Gasteiger partial charge in [0.1, 0.15) is 5.60 Å². The minimum atomic E-state index is -0.118. The van der Waals surface area contributed by atoms with Gasteiger partial charge in [-0.05, 0) is 86.0 Å². The molecular formula is C23H28O3.